The smallest absolute Gasteiger partial charge is 0.244 e. The van der Waals surface area contributed by atoms with Gasteiger partial charge in [0.25, 0.3) is 0 Å². The van der Waals surface area contributed by atoms with E-state index in [4.69, 9.17) is 4.74 Å². The number of nitrogens with zero attached hydrogens (tertiary/aromatic N) is 2. The molecule has 2 rings (SSSR count). The van der Waals surface area contributed by atoms with Gasteiger partial charge in [-0.3, -0.25) is 4.79 Å². The first-order valence-corrected chi connectivity index (χ1v) is 11.5. The van der Waals surface area contributed by atoms with Crippen LogP contribution in [0.25, 0.3) is 0 Å². The highest BCUT2D eigenvalue weighted by Crippen LogP contribution is 2.28. The van der Waals surface area contributed by atoms with Gasteiger partial charge in [0.15, 0.2) is 5.78 Å². The van der Waals surface area contributed by atoms with Crippen LogP contribution in [-0.4, -0.2) is 48.9 Å². The number of ketones is 1. The summed E-state index contributed by atoms with van der Waals surface area (Å²) in [5.41, 5.74) is 0.612. The molecule has 0 fully saturated rings. The minimum Gasteiger partial charge on any atom is -0.497 e. The SMILES string of the molecule is CCC(Sc1ccc(S(=O)(=O)N(CC)CC)cn1)C(=O)c1ccc(OC)cc1. The third-order valence-electron chi connectivity index (χ3n) is 4.35. The molecule has 0 aliphatic rings. The number of aromatic nitrogens is 1. The van der Waals surface area contributed by atoms with Crippen molar-refractivity contribution in [2.75, 3.05) is 20.2 Å². The fourth-order valence-corrected chi connectivity index (χ4v) is 5.08. The van der Waals surface area contributed by atoms with E-state index in [0.29, 0.717) is 35.8 Å². The van der Waals surface area contributed by atoms with Crippen LogP contribution in [0, 0.1) is 0 Å². The van der Waals surface area contributed by atoms with Crippen molar-refractivity contribution in [2.24, 2.45) is 0 Å². The lowest BCUT2D eigenvalue weighted by Crippen LogP contribution is -2.30. The third kappa shape index (κ3) is 5.12. The van der Waals surface area contributed by atoms with Gasteiger partial charge in [-0.1, -0.05) is 32.5 Å². The van der Waals surface area contributed by atoms with E-state index < -0.39 is 10.0 Å². The Kier molecular flexibility index (Phi) is 8.03. The lowest BCUT2D eigenvalue weighted by molar-refractivity contribution is 0.0988. The highest BCUT2D eigenvalue weighted by molar-refractivity contribution is 8.00. The monoisotopic (exact) mass is 422 g/mol. The van der Waals surface area contributed by atoms with Crippen LogP contribution in [0.2, 0.25) is 0 Å². The Morgan fingerprint density at radius 1 is 1.11 bits per heavy atom. The zero-order chi connectivity index (χ0) is 20.7. The summed E-state index contributed by atoms with van der Waals surface area (Å²) in [5, 5.41) is 0.318. The van der Waals surface area contributed by atoms with Crippen LogP contribution < -0.4 is 4.74 Å². The van der Waals surface area contributed by atoms with Gasteiger partial charge in [0, 0.05) is 24.8 Å². The number of rotatable bonds is 10. The van der Waals surface area contributed by atoms with E-state index in [0.717, 1.165) is 0 Å². The van der Waals surface area contributed by atoms with Gasteiger partial charge in [0.05, 0.1) is 17.4 Å². The van der Waals surface area contributed by atoms with Crippen LogP contribution in [-0.2, 0) is 10.0 Å². The molecule has 1 unspecified atom stereocenters. The molecule has 1 aromatic heterocycles. The molecule has 1 aromatic carbocycles. The first kappa shape index (κ1) is 22.4. The lowest BCUT2D eigenvalue weighted by atomic mass is 10.1. The number of Topliss-reactive ketones (excluding diaryl/α,β-unsaturated/α-hetero) is 1. The number of carbonyl (C=O) groups excluding carboxylic acids is 1. The van der Waals surface area contributed by atoms with Crippen molar-refractivity contribution in [3.63, 3.8) is 0 Å². The van der Waals surface area contributed by atoms with Crippen LogP contribution in [0.15, 0.2) is 52.5 Å². The number of sulfonamides is 1. The van der Waals surface area contributed by atoms with Crippen LogP contribution in [0.3, 0.4) is 0 Å². The third-order valence-corrected chi connectivity index (χ3v) is 7.70. The van der Waals surface area contributed by atoms with E-state index in [1.165, 1.54) is 22.3 Å². The topological polar surface area (TPSA) is 76.6 Å². The van der Waals surface area contributed by atoms with Crippen LogP contribution in [0.1, 0.15) is 37.6 Å². The second kappa shape index (κ2) is 10.0. The summed E-state index contributed by atoms with van der Waals surface area (Å²) >= 11 is 1.34. The van der Waals surface area contributed by atoms with E-state index in [2.05, 4.69) is 4.98 Å². The summed E-state index contributed by atoms with van der Waals surface area (Å²) in [7, 11) is -1.95. The molecule has 0 aliphatic heterocycles. The van der Waals surface area contributed by atoms with E-state index in [-0.39, 0.29) is 15.9 Å². The van der Waals surface area contributed by atoms with Gasteiger partial charge in [-0.15, -0.1) is 0 Å². The van der Waals surface area contributed by atoms with Crippen molar-refractivity contribution < 1.29 is 17.9 Å². The predicted octanol–water partition coefficient (Wildman–Crippen LogP) is 3.87. The summed E-state index contributed by atoms with van der Waals surface area (Å²) in [4.78, 5) is 17.2. The zero-order valence-corrected chi connectivity index (χ0v) is 18.2. The minimum absolute atomic E-state index is 0.0109. The molecule has 0 amide bonds. The number of hydrogen-bond donors (Lipinski definition) is 0. The van der Waals surface area contributed by atoms with Crippen molar-refractivity contribution in [1.82, 2.24) is 9.29 Å². The number of thioether (sulfide) groups is 1. The van der Waals surface area contributed by atoms with Gasteiger partial charge >= 0.3 is 0 Å². The second-order valence-electron chi connectivity index (χ2n) is 6.03. The molecule has 28 heavy (non-hydrogen) atoms. The van der Waals surface area contributed by atoms with Gasteiger partial charge in [0.2, 0.25) is 10.0 Å². The standard InChI is InChI=1S/C20H26N2O4S2/c1-5-18(20(23)15-8-10-16(26-4)11-9-15)27-19-13-12-17(14-21-19)28(24,25)22(6-2)7-3/h8-14,18H,5-7H2,1-4H3. The normalized spacial score (nSPS) is 12.8. The molecule has 1 atom stereocenters. The maximum absolute atomic E-state index is 12.8. The number of methoxy groups -OCH3 is 1. The lowest BCUT2D eigenvalue weighted by Gasteiger charge is -2.18. The molecule has 0 N–H and O–H groups in total. The van der Waals surface area contributed by atoms with Gasteiger partial charge in [-0.2, -0.15) is 4.31 Å². The van der Waals surface area contributed by atoms with Gasteiger partial charge in [-0.05, 0) is 42.8 Å². The van der Waals surface area contributed by atoms with Crippen molar-refractivity contribution in [2.45, 2.75) is 42.4 Å². The Labute approximate surface area is 171 Å². The summed E-state index contributed by atoms with van der Waals surface area (Å²) in [6.45, 7) is 6.36. The molecule has 0 spiro atoms. The fraction of sp³-hybridized carbons (Fsp3) is 0.400. The molecule has 0 saturated heterocycles. The summed E-state index contributed by atoms with van der Waals surface area (Å²) < 4.78 is 31.6. The molecule has 0 saturated carbocycles. The molecule has 6 nitrogen and oxygen atoms in total. The Bertz CT molecular complexity index is 877. The molecular formula is C20H26N2O4S2. The van der Waals surface area contributed by atoms with Crippen molar-refractivity contribution in [1.29, 1.82) is 0 Å². The summed E-state index contributed by atoms with van der Waals surface area (Å²) in [6.07, 6.45) is 2.00. The quantitative estimate of drug-likeness (QED) is 0.427. The maximum atomic E-state index is 12.8. The molecule has 2 aromatic rings. The van der Waals surface area contributed by atoms with E-state index in [9.17, 15) is 13.2 Å². The maximum Gasteiger partial charge on any atom is 0.244 e. The van der Waals surface area contributed by atoms with E-state index in [1.54, 1.807) is 57.4 Å². The Hall–Kier alpha value is -1.90. The molecule has 0 bridgehead atoms. The predicted molar refractivity (Wildman–Crippen MR) is 112 cm³/mol. The van der Waals surface area contributed by atoms with Crippen LogP contribution >= 0.6 is 11.8 Å². The summed E-state index contributed by atoms with van der Waals surface area (Å²) in [6, 6.07) is 10.2. The van der Waals surface area contributed by atoms with Crippen LogP contribution in [0.5, 0.6) is 5.75 Å². The fourth-order valence-electron chi connectivity index (χ4n) is 2.71. The Balaban J connectivity index is 2.15. The van der Waals surface area contributed by atoms with E-state index >= 15 is 0 Å². The highest BCUT2D eigenvalue weighted by Gasteiger charge is 2.23. The van der Waals surface area contributed by atoms with Gasteiger partial charge in [-0.25, -0.2) is 13.4 Å². The first-order chi connectivity index (χ1) is 13.4. The molecule has 1 heterocycles. The van der Waals surface area contributed by atoms with Crippen molar-refractivity contribution in [3.8, 4) is 5.75 Å². The largest absolute Gasteiger partial charge is 0.497 e. The van der Waals surface area contributed by atoms with Crippen LogP contribution in [0.4, 0.5) is 0 Å². The number of hydrogen-bond acceptors (Lipinski definition) is 6. The molecule has 8 heteroatoms. The number of benzene rings is 1. The number of pyridine rings is 1. The van der Waals surface area contributed by atoms with Gasteiger partial charge < -0.3 is 4.74 Å². The molecular weight excluding hydrogens is 396 g/mol. The first-order valence-electron chi connectivity index (χ1n) is 9.18. The highest BCUT2D eigenvalue weighted by atomic mass is 32.2. The average Bonchev–Trinajstić information content (AvgIpc) is 2.72. The Morgan fingerprint density at radius 2 is 1.75 bits per heavy atom. The van der Waals surface area contributed by atoms with Crippen molar-refractivity contribution in [3.05, 3.63) is 48.2 Å². The Morgan fingerprint density at radius 3 is 2.21 bits per heavy atom. The molecule has 152 valence electrons. The average molecular weight is 423 g/mol. The van der Waals surface area contributed by atoms with E-state index in [1.807, 2.05) is 6.92 Å². The molecule has 0 aliphatic carbocycles. The summed E-state index contributed by atoms with van der Waals surface area (Å²) in [5.74, 6) is 0.709. The van der Waals surface area contributed by atoms with Gasteiger partial charge in [0.1, 0.15) is 10.6 Å². The molecule has 0 radical (unpaired) electrons. The minimum atomic E-state index is -3.54. The van der Waals surface area contributed by atoms with Crippen molar-refractivity contribution >= 4 is 27.6 Å². The number of carbonyl (C=O) groups is 1. The second-order valence-corrected chi connectivity index (χ2v) is 9.19. The zero-order valence-electron chi connectivity index (χ0n) is 16.6. The number of ether oxygens (including phenoxy) is 1.